The lowest BCUT2D eigenvalue weighted by atomic mass is 10.3. The molecule has 0 spiro atoms. The first-order valence-electron chi connectivity index (χ1n) is 5.72. The number of amides is 1. The molecule has 1 aromatic rings. The van der Waals surface area contributed by atoms with Crippen molar-refractivity contribution in [2.75, 3.05) is 19.8 Å². The lowest BCUT2D eigenvalue weighted by Crippen LogP contribution is -2.26. The van der Waals surface area contributed by atoms with Gasteiger partial charge in [-0.15, -0.1) is 0 Å². The molecule has 0 radical (unpaired) electrons. The topological polar surface area (TPSA) is 51.2 Å². The minimum Gasteiger partial charge on any atom is -0.381 e. The van der Waals surface area contributed by atoms with Gasteiger partial charge < -0.3 is 10.1 Å². The molecule has 0 aromatic carbocycles. The third kappa shape index (κ3) is 5.28. The van der Waals surface area contributed by atoms with E-state index in [1.54, 1.807) is 18.3 Å². The minimum atomic E-state index is -0.159. The molecule has 0 aliphatic carbocycles. The normalized spacial score (nSPS) is 10.2. The summed E-state index contributed by atoms with van der Waals surface area (Å²) >= 11 is 3.29. The highest BCUT2D eigenvalue weighted by molar-refractivity contribution is 9.10. The fourth-order valence-electron chi connectivity index (χ4n) is 1.26. The zero-order chi connectivity index (χ0) is 12.5. The Hall–Kier alpha value is -0.940. The molecule has 0 atom stereocenters. The molecule has 1 heterocycles. The highest BCUT2D eigenvalue weighted by Gasteiger charge is 2.09. The molecule has 5 heteroatoms. The van der Waals surface area contributed by atoms with E-state index in [-0.39, 0.29) is 5.91 Å². The highest BCUT2D eigenvalue weighted by Crippen LogP contribution is 2.12. The summed E-state index contributed by atoms with van der Waals surface area (Å²) in [6.07, 6.45) is 3.44. The van der Waals surface area contributed by atoms with Gasteiger partial charge in [0, 0.05) is 30.4 Å². The van der Waals surface area contributed by atoms with Crippen LogP contribution in [0.4, 0.5) is 0 Å². The van der Waals surface area contributed by atoms with E-state index in [1.165, 1.54) is 0 Å². The Bertz CT molecular complexity index is 358. The van der Waals surface area contributed by atoms with Crippen LogP contribution >= 0.6 is 15.9 Å². The molecule has 0 bridgehead atoms. The fourth-order valence-corrected chi connectivity index (χ4v) is 1.69. The molecule has 0 aliphatic heterocycles. The third-order valence-electron chi connectivity index (χ3n) is 2.07. The molecule has 0 saturated heterocycles. The Balaban J connectivity index is 2.24. The number of aromatic nitrogens is 1. The molecule has 1 amide bonds. The number of hydrogen-bond donors (Lipinski definition) is 1. The van der Waals surface area contributed by atoms with Crippen molar-refractivity contribution in [3.05, 3.63) is 28.5 Å². The zero-order valence-corrected chi connectivity index (χ0v) is 11.5. The summed E-state index contributed by atoms with van der Waals surface area (Å²) in [5.74, 6) is -0.159. The van der Waals surface area contributed by atoms with Crippen LogP contribution in [0.5, 0.6) is 0 Å². The number of carbonyl (C=O) groups excluding carboxylic acids is 1. The van der Waals surface area contributed by atoms with Gasteiger partial charge in [-0.25, -0.2) is 4.98 Å². The van der Waals surface area contributed by atoms with E-state index in [2.05, 4.69) is 33.2 Å². The zero-order valence-electron chi connectivity index (χ0n) is 9.91. The molecule has 0 saturated carbocycles. The van der Waals surface area contributed by atoms with Gasteiger partial charge in [-0.3, -0.25) is 4.79 Å². The van der Waals surface area contributed by atoms with Crippen molar-refractivity contribution in [3.63, 3.8) is 0 Å². The average molecular weight is 301 g/mol. The van der Waals surface area contributed by atoms with E-state index in [1.807, 2.05) is 0 Å². The second-order valence-electron chi connectivity index (χ2n) is 3.56. The van der Waals surface area contributed by atoms with Gasteiger partial charge in [0.1, 0.15) is 5.69 Å². The molecule has 0 unspecified atom stereocenters. The van der Waals surface area contributed by atoms with E-state index in [0.717, 1.165) is 19.4 Å². The quantitative estimate of drug-likeness (QED) is 0.787. The first-order chi connectivity index (χ1) is 8.25. The summed E-state index contributed by atoms with van der Waals surface area (Å²) in [6.45, 7) is 4.13. The largest absolute Gasteiger partial charge is 0.381 e. The number of rotatable bonds is 7. The molecule has 0 fully saturated rings. The lowest BCUT2D eigenvalue weighted by molar-refractivity contribution is 0.0935. The first-order valence-corrected chi connectivity index (χ1v) is 6.51. The summed E-state index contributed by atoms with van der Waals surface area (Å²) < 4.78 is 6.03. The molecular formula is C12H17BrN2O2. The van der Waals surface area contributed by atoms with Crippen LogP contribution in [-0.2, 0) is 4.74 Å². The lowest BCUT2D eigenvalue weighted by Gasteiger charge is -2.06. The van der Waals surface area contributed by atoms with Crippen LogP contribution in [0, 0.1) is 0 Å². The number of pyridine rings is 1. The van der Waals surface area contributed by atoms with Gasteiger partial charge >= 0.3 is 0 Å². The van der Waals surface area contributed by atoms with Crippen LogP contribution in [0.1, 0.15) is 30.3 Å². The molecule has 94 valence electrons. The van der Waals surface area contributed by atoms with Gasteiger partial charge in [0.25, 0.3) is 5.91 Å². The standard InChI is InChI=1S/C12H17BrN2O2/c1-2-8-17-9-4-7-15-12(16)11-10(13)5-3-6-14-11/h3,5-6H,2,4,7-9H2,1H3,(H,15,16). The van der Waals surface area contributed by atoms with Gasteiger partial charge in [0.05, 0.1) is 0 Å². The molecule has 0 aliphatic rings. The van der Waals surface area contributed by atoms with Crippen LogP contribution in [0.2, 0.25) is 0 Å². The van der Waals surface area contributed by atoms with Gasteiger partial charge in [-0.1, -0.05) is 6.92 Å². The van der Waals surface area contributed by atoms with E-state index in [4.69, 9.17) is 4.74 Å². The molecule has 1 N–H and O–H groups in total. The Morgan fingerprint density at radius 2 is 2.35 bits per heavy atom. The van der Waals surface area contributed by atoms with Crippen LogP contribution in [0.25, 0.3) is 0 Å². The van der Waals surface area contributed by atoms with E-state index in [0.29, 0.717) is 23.3 Å². The number of nitrogens with zero attached hydrogens (tertiary/aromatic N) is 1. The van der Waals surface area contributed by atoms with Crippen LogP contribution in [-0.4, -0.2) is 30.6 Å². The summed E-state index contributed by atoms with van der Waals surface area (Å²) in [6, 6.07) is 3.58. The van der Waals surface area contributed by atoms with Crippen molar-refractivity contribution >= 4 is 21.8 Å². The monoisotopic (exact) mass is 300 g/mol. The summed E-state index contributed by atoms with van der Waals surface area (Å²) in [5, 5.41) is 2.81. The number of ether oxygens (including phenoxy) is 1. The Morgan fingerprint density at radius 1 is 1.53 bits per heavy atom. The highest BCUT2D eigenvalue weighted by atomic mass is 79.9. The molecule has 1 aromatic heterocycles. The van der Waals surface area contributed by atoms with Crippen molar-refractivity contribution in [1.82, 2.24) is 10.3 Å². The summed E-state index contributed by atoms with van der Waals surface area (Å²) in [4.78, 5) is 15.7. The second-order valence-corrected chi connectivity index (χ2v) is 4.41. The predicted molar refractivity (Wildman–Crippen MR) is 70.0 cm³/mol. The average Bonchev–Trinajstić information content (AvgIpc) is 2.34. The Labute approximate surface area is 110 Å². The maximum atomic E-state index is 11.7. The second kappa shape index (κ2) is 8.20. The minimum absolute atomic E-state index is 0.159. The number of hydrogen-bond acceptors (Lipinski definition) is 3. The number of nitrogens with one attached hydrogen (secondary N) is 1. The van der Waals surface area contributed by atoms with Crippen molar-refractivity contribution in [2.24, 2.45) is 0 Å². The number of halogens is 1. The SMILES string of the molecule is CCCOCCCNC(=O)c1ncccc1Br. The van der Waals surface area contributed by atoms with Gasteiger partial charge in [0.15, 0.2) is 0 Å². The molecule has 4 nitrogen and oxygen atoms in total. The van der Waals surface area contributed by atoms with Gasteiger partial charge in [0.2, 0.25) is 0 Å². The van der Waals surface area contributed by atoms with Gasteiger partial charge in [-0.2, -0.15) is 0 Å². The van der Waals surface area contributed by atoms with E-state index >= 15 is 0 Å². The van der Waals surface area contributed by atoms with Crippen LogP contribution in [0.3, 0.4) is 0 Å². The van der Waals surface area contributed by atoms with Crippen molar-refractivity contribution in [1.29, 1.82) is 0 Å². The van der Waals surface area contributed by atoms with E-state index < -0.39 is 0 Å². The fraction of sp³-hybridized carbons (Fsp3) is 0.500. The summed E-state index contributed by atoms with van der Waals surface area (Å²) in [7, 11) is 0. The molecular weight excluding hydrogens is 284 g/mol. The maximum Gasteiger partial charge on any atom is 0.271 e. The molecule has 1 rings (SSSR count). The van der Waals surface area contributed by atoms with Crippen molar-refractivity contribution < 1.29 is 9.53 Å². The molecule has 17 heavy (non-hydrogen) atoms. The van der Waals surface area contributed by atoms with Crippen molar-refractivity contribution in [3.8, 4) is 0 Å². The van der Waals surface area contributed by atoms with Gasteiger partial charge in [-0.05, 0) is 40.9 Å². The van der Waals surface area contributed by atoms with E-state index in [9.17, 15) is 4.79 Å². The first kappa shape index (κ1) is 14.1. The number of carbonyl (C=O) groups is 1. The third-order valence-corrected chi connectivity index (χ3v) is 2.71. The smallest absolute Gasteiger partial charge is 0.271 e. The summed E-state index contributed by atoms with van der Waals surface area (Å²) in [5.41, 5.74) is 0.418. The van der Waals surface area contributed by atoms with Crippen molar-refractivity contribution in [2.45, 2.75) is 19.8 Å². The van der Waals surface area contributed by atoms with Crippen LogP contribution < -0.4 is 5.32 Å². The predicted octanol–water partition coefficient (Wildman–Crippen LogP) is 2.39. The van der Waals surface area contributed by atoms with Crippen LogP contribution in [0.15, 0.2) is 22.8 Å². The Morgan fingerprint density at radius 3 is 3.06 bits per heavy atom. The Kier molecular flexibility index (Phi) is 6.81. The maximum absolute atomic E-state index is 11.7.